The zero-order chi connectivity index (χ0) is 10.1. The molecule has 2 N–H and O–H groups in total. The van der Waals surface area contributed by atoms with Gasteiger partial charge < -0.3 is 10.4 Å². The fourth-order valence-electron chi connectivity index (χ4n) is 1.68. The number of carboxylic acids is 1. The number of anilines is 1. The fourth-order valence-corrected chi connectivity index (χ4v) is 2.25. The fraction of sp³-hybridized carbons (Fsp3) is 0.300. The molecule has 1 heterocycles. The van der Waals surface area contributed by atoms with E-state index in [1.54, 1.807) is 0 Å². The molecular formula is C10H10BrNO2. The molecule has 1 aromatic carbocycles. The van der Waals surface area contributed by atoms with E-state index < -0.39 is 12.0 Å². The van der Waals surface area contributed by atoms with Crippen LogP contribution in [-0.4, -0.2) is 17.1 Å². The van der Waals surface area contributed by atoms with Crippen LogP contribution in [0.4, 0.5) is 5.69 Å². The first-order chi connectivity index (χ1) is 6.68. The molecule has 0 amide bonds. The Hall–Kier alpha value is -1.03. The third-order valence-corrected chi connectivity index (χ3v) is 3.17. The zero-order valence-electron chi connectivity index (χ0n) is 7.46. The Balaban J connectivity index is 2.31. The van der Waals surface area contributed by atoms with Gasteiger partial charge in [0.05, 0.1) is 0 Å². The van der Waals surface area contributed by atoms with E-state index in [2.05, 4.69) is 21.2 Å². The summed E-state index contributed by atoms with van der Waals surface area (Å²) in [5.41, 5.74) is 2.10. The molecule has 0 saturated carbocycles. The van der Waals surface area contributed by atoms with Crippen LogP contribution in [0.25, 0.3) is 0 Å². The second-order valence-corrected chi connectivity index (χ2v) is 4.19. The van der Waals surface area contributed by atoms with Crippen LogP contribution in [0.15, 0.2) is 22.7 Å². The molecule has 1 aromatic rings. The van der Waals surface area contributed by atoms with Gasteiger partial charge in [-0.25, -0.2) is 4.79 Å². The summed E-state index contributed by atoms with van der Waals surface area (Å²) in [5.74, 6) is -0.782. The van der Waals surface area contributed by atoms with Crippen molar-refractivity contribution in [3.05, 3.63) is 28.2 Å². The van der Waals surface area contributed by atoms with E-state index in [1.165, 1.54) is 5.56 Å². The summed E-state index contributed by atoms with van der Waals surface area (Å²) < 4.78 is 1.05. The van der Waals surface area contributed by atoms with Crippen molar-refractivity contribution >= 4 is 27.6 Å². The Morgan fingerprint density at radius 3 is 3.07 bits per heavy atom. The smallest absolute Gasteiger partial charge is 0.326 e. The molecular weight excluding hydrogens is 246 g/mol. The molecule has 0 unspecified atom stereocenters. The van der Waals surface area contributed by atoms with E-state index in [-0.39, 0.29) is 0 Å². The molecule has 1 aliphatic heterocycles. The van der Waals surface area contributed by atoms with Crippen LogP contribution in [0.3, 0.4) is 0 Å². The maximum Gasteiger partial charge on any atom is 0.326 e. The van der Waals surface area contributed by atoms with Gasteiger partial charge in [-0.15, -0.1) is 0 Å². The topological polar surface area (TPSA) is 49.3 Å². The molecule has 4 heteroatoms. The molecule has 0 aliphatic carbocycles. The molecule has 1 atom stereocenters. The standard InChI is InChI=1S/C10H10BrNO2/c11-7-2-1-3-8-6(7)4-5-9(12-8)10(13)14/h1-3,9,12H,4-5H2,(H,13,14)/t9-/m0/s1. The van der Waals surface area contributed by atoms with Gasteiger partial charge in [0.1, 0.15) is 6.04 Å². The minimum atomic E-state index is -0.782. The lowest BCUT2D eigenvalue weighted by Gasteiger charge is -2.24. The molecule has 0 spiro atoms. The van der Waals surface area contributed by atoms with Gasteiger partial charge in [-0.05, 0) is 30.5 Å². The highest BCUT2D eigenvalue weighted by atomic mass is 79.9. The van der Waals surface area contributed by atoms with E-state index in [9.17, 15) is 4.79 Å². The van der Waals surface area contributed by atoms with E-state index in [0.717, 1.165) is 16.6 Å². The number of aliphatic carboxylic acids is 1. The van der Waals surface area contributed by atoms with Crippen LogP contribution < -0.4 is 5.32 Å². The molecule has 74 valence electrons. The van der Waals surface area contributed by atoms with E-state index in [1.807, 2.05) is 18.2 Å². The number of fused-ring (bicyclic) bond motifs is 1. The van der Waals surface area contributed by atoms with Crippen LogP contribution >= 0.6 is 15.9 Å². The van der Waals surface area contributed by atoms with Gasteiger partial charge in [-0.2, -0.15) is 0 Å². The van der Waals surface area contributed by atoms with Gasteiger partial charge in [0.15, 0.2) is 0 Å². The Morgan fingerprint density at radius 1 is 1.57 bits per heavy atom. The Kier molecular flexibility index (Phi) is 2.46. The number of carboxylic acid groups (broad SMARTS) is 1. The number of rotatable bonds is 1. The van der Waals surface area contributed by atoms with Crippen molar-refractivity contribution in [1.82, 2.24) is 0 Å². The highest BCUT2D eigenvalue weighted by molar-refractivity contribution is 9.10. The summed E-state index contributed by atoms with van der Waals surface area (Å²) in [6.45, 7) is 0. The van der Waals surface area contributed by atoms with Crippen LogP contribution in [0.1, 0.15) is 12.0 Å². The largest absolute Gasteiger partial charge is 0.480 e. The predicted molar refractivity (Wildman–Crippen MR) is 57.5 cm³/mol. The molecule has 0 fully saturated rings. The van der Waals surface area contributed by atoms with Gasteiger partial charge in [0.25, 0.3) is 0 Å². The highest BCUT2D eigenvalue weighted by Gasteiger charge is 2.23. The van der Waals surface area contributed by atoms with Gasteiger partial charge in [0, 0.05) is 10.2 Å². The minimum absolute atomic E-state index is 0.447. The van der Waals surface area contributed by atoms with Crippen molar-refractivity contribution in [2.75, 3.05) is 5.32 Å². The summed E-state index contributed by atoms with van der Waals surface area (Å²) in [5, 5.41) is 11.9. The van der Waals surface area contributed by atoms with Crippen LogP contribution in [-0.2, 0) is 11.2 Å². The maximum atomic E-state index is 10.8. The lowest BCUT2D eigenvalue weighted by molar-refractivity contribution is -0.138. The first-order valence-corrected chi connectivity index (χ1v) is 5.24. The summed E-state index contributed by atoms with van der Waals surface area (Å²) in [7, 11) is 0. The van der Waals surface area contributed by atoms with Crippen LogP contribution in [0.2, 0.25) is 0 Å². The summed E-state index contributed by atoms with van der Waals surface area (Å²) in [4.78, 5) is 10.8. The molecule has 3 nitrogen and oxygen atoms in total. The van der Waals surface area contributed by atoms with Gasteiger partial charge in [-0.1, -0.05) is 22.0 Å². The predicted octanol–water partition coefficient (Wildman–Crippen LogP) is 2.26. The summed E-state index contributed by atoms with van der Waals surface area (Å²) in [6, 6.07) is 5.34. The highest BCUT2D eigenvalue weighted by Crippen LogP contribution is 2.30. The van der Waals surface area contributed by atoms with Crippen molar-refractivity contribution in [3.8, 4) is 0 Å². The number of carbonyl (C=O) groups is 1. The number of hydrogen-bond acceptors (Lipinski definition) is 2. The minimum Gasteiger partial charge on any atom is -0.480 e. The van der Waals surface area contributed by atoms with Gasteiger partial charge >= 0.3 is 5.97 Å². The number of benzene rings is 1. The van der Waals surface area contributed by atoms with Crippen molar-refractivity contribution < 1.29 is 9.90 Å². The van der Waals surface area contributed by atoms with Gasteiger partial charge in [0.2, 0.25) is 0 Å². The summed E-state index contributed by atoms with van der Waals surface area (Å²) >= 11 is 3.45. The quantitative estimate of drug-likeness (QED) is 0.810. The number of halogens is 1. The van der Waals surface area contributed by atoms with E-state index in [4.69, 9.17) is 5.11 Å². The average Bonchev–Trinajstić information content (AvgIpc) is 2.17. The second-order valence-electron chi connectivity index (χ2n) is 3.34. The summed E-state index contributed by atoms with van der Waals surface area (Å²) in [6.07, 6.45) is 1.45. The van der Waals surface area contributed by atoms with Crippen molar-refractivity contribution in [3.63, 3.8) is 0 Å². The van der Waals surface area contributed by atoms with Crippen LogP contribution in [0, 0.1) is 0 Å². The normalized spacial score (nSPS) is 19.6. The molecule has 14 heavy (non-hydrogen) atoms. The Bertz CT molecular complexity index is 378. The van der Waals surface area contributed by atoms with Crippen molar-refractivity contribution in [2.45, 2.75) is 18.9 Å². The lowest BCUT2D eigenvalue weighted by Crippen LogP contribution is -2.33. The Labute approximate surface area is 90.3 Å². The zero-order valence-corrected chi connectivity index (χ0v) is 9.04. The maximum absolute atomic E-state index is 10.8. The monoisotopic (exact) mass is 255 g/mol. The Morgan fingerprint density at radius 2 is 2.36 bits per heavy atom. The first-order valence-electron chi connectivity index (χ1n) is 4.45. The number of hydrogen-bond donors (Lipinski definition) is 2. The van der Waals surface area contributed by atoms with Crippen LogP contribution in [0.5, 0.6) is 0 Å². The molecule has 0 saturated heterocycles. The van der Waals surface area contributed by atoms with Crippen molar-refractivity contribution in [2.24, 2.45) is 0 Å². The van der Waals surface area contributed by atoms with E-state index in [0.29, 0.717) is 6.42 Å². The number of nitrogens with one attached hydrogen (secondary N) is 1. The first kappa shape index (κ1) is 9.52. The van der Waals surface area contributed by atoms with Gasteiger partial charge in [-0.3, -0.25) is 0 Å². The third kappa shape index (κ3) is 1.62. The molecule has 0 bridgehead atoms. The second kappa shape index (κ2) is 3.61. The van der Waals surface area contributed by atoms with Crippen molar-refractivity contribution in [1.29, 1.82) is 0 Å². The molecule has 1 aliphatic rings. The average molecular weight is 256 g/mol. The molecule has 0 aromatic heterocycles. The third-order valence-electron chi connectivity index (χ3n) is 2.43. The van der Waals surface area contributed by atoms with E-state index >= 15 is 0 Å². The lowest BCUT2D eigenvalue weighted by atomic mass is 9.98. The molecule has 0 radical (unpaired) electrons. The SMILES string of the molecule is O=C(O)[C@@H]1CCc2c(Br)cccc2N1. The molecule has 2 rings (SSSR count).